The highest BCUT2D eigenvalue weighted by molar-refractivity contribution is 5.89. The first kappa shape index (κ1) is 13.1. The van der Waals surface area contributed by atoms with E-state index in [0.717, 1.165) is 22.4 Å². The monoisotopic (exact) mass is 256 g/mol. The number of carboxylic acids is 1. The minimum Gasteiger partial charge on any atom is -0.494 e. The van der Waals surface area contributed by atoms with Crippen LogP contribution < -0.4 is 4.74 Å². The molecule has 0 radical (unpaired) electrons. The van der Waals surface area contributed by atoms with Crippen molar-refractivity contribution in [1.29, 1.82) is 0 Å². The molecule has 0 bridgehead atoms. The van der Waals surface area contributed by atoms with E-state index in [1.54, 1.807) is 12.1 Å². The molecular formula is C16H16O3. The van der Waals surface area contributed by atoms with Crippen LogP contribution in [-0.4, -0.2) is 17.7 Å². The zero-order valence-corrected chi connectivity index (χ0v) is 11.0. The fraction of sp³-hybridized carbons (Fsp3) is 0.188. The van der Waals surface area contributed by atoms with Crippen molar-refractivity contribution in [2.45, 2.75) is 13.8 Å². The van der Waals surface area contributed by atoms with Gasteiger partial charge in [0.1, 0.15) is 5.75 Å². The van der Waals surface area contributed by atoms with E-state index in [4.69, 9.17) is 9.84 Å². The van der Waals surface area contributed by atoms with Crippen molar-refractivity contribution in [2.75, 3.05) is 6.61 Å². The second kappa shape index (κ2) is 5.57. The Kier molecular flexibility index (Phi) is 3.85. The Balaban J connectivity index is 2.38. The van der Waals surface area contributed by atoms with Gasteiger partial charge >= 0.3 is 5.97 Å². The van der Waals surface area contributed by atoms with Gasteiger partial charge in [0.25, 0.3) is 0 Å². The SMILES string of the molecule is CCOc1ccc(-c2cc(C)cc(C(=O)O)c2)cc1. The topological polar surface area (TPSA) is 46.5 Å². The van der Waals surface area contributed by atoms with E-state index in [9.17, 15) is 4.79 Å². The number of carbonyl (C=O) groups is 1. The molecule has 2 rings (SSSR count). The normalized spacial score (nSPS) is 10.2. The van der Waals surface area contributed by atoms with Crippen molar-refractivity contribution in [3.05, 3.63) is 53.6 Å². The fourth-order valence-corrected chi connectivity index (χ4v) is 1.98. The van der Waals surface area contributed by atoms with Gasteiger partial charge in [-0.1, -0.05) is 18.2 Å². The van der Waals surface area contributed by atoms with E-state index >= 15 is 0 Å². The molecule has 0 saturated carbocycles. The predicted molar refractivity (Wildman–Crippen MR) is 74.7 cm³/mol. The molecule has 0 amide bonds. The standard InChI is InChI=1S/C16H16O3/c1-3-19-15-6-4-12(5-7-15)13-8-11(2)9-14(10-13)16(17)18/h4-10H,3H2,1-2H3,(H,17,18). The van der Waals surface area contributed by atoms with Crippen LogP contribution >= 0.6 is 0 Å². The Hall–Kier alpha value is -2.29. The summed E-state index contributed by atoms with van der Waals surface area (Å²) in [7, 11) is 0. The molecule has 0 unspecified atom stereocenters. The summed E-state index contributed by atoms with van der Waals surface area (Å²) >= 11 is 0. The molecule has 2 aromatic rings. The van der Waals surface area contributed by atoms with Crippen LogP contribution in [0, 0.1) is 6.92 Å². The number of hydrogen-bond acceptors (Lipinski definition) is 2. The summed E-state index contributed by atoms with van der Waals surface area (Å²) in [6.45, 7) is 4.46. The summed E-state index contributed by atoms with van der Waals surface area (Å²) in [6.07, 6.45) is 0. The highest BCUT2D eigenvalue weighted by Crippen LogP contribution is 2.24. The molecule has 98 valence electrons. The van der Waals surface area contributed by atoms with Gasteiger partial charge < -0.3 is 9.84 Å². The molecule has 2 aromatic carbocycles. The van der Waals surface area contributed by atoms with Gasteiger partial charge in [-0.3, -0.25) is 0 Å². The maximum atomic E-state index is 11.1. The molecule has 19 heavy (non-hydrogen) atoms. The van der Waals surface area contributed by atoms with E-state index in [2.05, 4.69) is 0 Å². The third kappa shape index (κ3) is 3.13. The van der Waals surface area contributed by atoms with Crippen LogP contribution in [0.2, 0.25) is 0 Å². The lowest BCUT2D eigenvalue weighted by atomic mass is 10.0. The zero-order valence-electron chi connectivity index (χ0n) is 11.0. The maximum absolute atomic E-state index is 11.1. The number of hydrogen-bond donors (Lipinski definition) is 1. The van der Waals surface area contributed by atoms with Gasteiger partial charge in [0.05, 0.1) is 12.2 Å². The number of aryl methyl sites for hydroxylation is 1. The summed E-state index contributed by atoms with van der Waals surface area (Å²) in [5.74, 6) is -0.0896. The molecule has 3 heteroatoms. The van der Waals surface area contributed by atoms with Crippen molar-refractivity contribution in [3.63, 3.8) is 0 Å². The van der Waals surface area contributed by atoms with Gasteiger partial charge in [0.2, 0.25) is 0 Å². The third-order valence-electron chi connectivity index (χ3n) is 2.82. The van der Waals surface area contributed by atoms with E-state index in [-0.39, 0.29) is 0 Å². The molecule has 3 nitrogen and oxygen atoms in total. The summed E-state index contributed by atoms with van der Waals surface area (Å²) in [4.78, 5) is 11.1. The molecule has 0 atom stereocenters. The molecule has 0 aliphatic carbocycles. The van der Waals surface area contributed by atoms with Crippen LogP contribution in [0.4, 0.5) is 0 Å². The van der Waals surface area contributed by atoms with Crippen molar-refractivity contribution in [3.8, 4) is 16.9 Å². The number of aromatic carboxylic acids is 1. The minimum absolute atomic E-state index is 0.309. The highest BCUT2D eigenvalue weighted by atomic mass is 16.5. The van der Waals surface area contributed by atoms with Crippen LogP contribution in [-0.2, 0) is 0 Å². The molecular weight excluding hydrogens is 240 g/mol. The average Bonchev–Trinajstić information content (AvgIpc) is 2.39. The molecule has 0 aliphatic rings. The molecule has 1 N–H and O–H groups in total. The molecule has 0 fully saturated rings. The largest absolute Gasteiger partial charge is 0.494 e. The quantitative estimate of drug-likeness (QED) is 0.906. The highest BCUT2D eigenvalue weighted by Gasteiger charge is 2.07. The Morgan fingerprint density at radius 1 is 1.11 bits per heavy atom. The van der Waals surface area contributed by atoms with Gasteiger partial charge in [-0.15, -0.1) is 0 Å². The molecule has 0 aromatic heterocycles. The van der Waals surface area contributed by atoms with E-state index < -0.39 is 5.97 Å². The second-order valence-corrected chi connectivity index (χ2v) is 4.35. The van der Waals surface area contributed by atoms with Gasteiger partial charge in [-0.2, -0.15) is 0 Å². The number of rotatable bonds is 4. The smallest absolute Gasteiger partial charge is 0.335 e. The van der Waals surface area contributed by atoms with Gasteiger partial charge in [0, 0.05) is 0 Å². The van der Waals surface area contributed by atoms with Gasteiger partial charge in [-0.25, -0.2) is 4.79 Å². The molecule has 0 saturated heterocycles. The number of benzene rings is 2. The van der Waals surface area contributed by atoms with Crippen LogP contribution in [0.3, 0.4) is 0 Å². The minimum atomic E-state index is -0.907. The molecule has 0 aliphatic heterocycles. The summed E-state index contributed by atoms with van der Waals surface area (Å²) in [5, 5.41) is 9.07. The Bertz CT molecular complexity index is 585. The van der Waals surface area contributed by atoms with E-state index in [1.165, 1.54) is 0 Å². The third-order valence-corrected chi connectivity index (χ3v) is 2.82. The average molecular weight is 256 g/mol. The van der Waals surface area contributed by atoms with Crippen LogP contribution in [0.5, 0.6) is 5.75 Å². The Labute approximate surface area is 112 Å². The van der Waals surface area contributed by atoms with E-state index in [0.29, 0.717) is 12.2 Å². The second-order valence-electron chi connectivity index (χ2n) is 4.35. The lowest BCUT2D eigenvalue weighted by Gasteiger charge is -2.07. The van der Waals surface area contributed by atoms with E-state index in [1.807, 2.05) is 44.2 Å². The first-order chi connectivity index (χ1) is 9.10. The van der Waals surface area contributed by atoms with Crippen molar-refractivity contribution < 1.29 is 14.6 Å². The van der Waals surface area contributed by atoms with Crippen molar-refractivity contribution >= 4 is 5.97 Å². The van der Waals surface area contributed by atoms with Crippen LogP contribution in [0.1, 0.15) is 22.8 Å². The number of carboxylic acid groups (broad SMARTS) is 1. The maximum Gasteiger partial charge on any atom is 0.335 e. The van der Waals surface area contributed by atoms with Crippen molar-refractivity contribution in [2.24, 2.45) is 0 Å². The summed E-state index contributed by atoms with van der Waals surface area (Å²) in [5.41, 5.74) is 3.13. The zero-order chi connectivity index (χ0) is 13.8. The summed E-state index contributed by atoms with van der Waals surface area (Å²) in [6, 6.07) is 13.0. The number of ether oxygens (including phenoxy) is 1. The van der Waals surface area contributed by atoms with Crippen molar-refractivity contribution in [1.82, 2.24) is 0 Å². The summed E-state index contributed by atoms with van der Waals surface area (Å²) < 4.78 is 5.39. The van der Waals surface area contributed by atoms with Gasteiger partial charge in [-0.05, 0) is 54.8 Å². The Morgan fingerprint density at radius 2 is 1.79 bits per heavy atom. The van der Waals surface area contributed by atoms with Crippen LogP contribution in [0.25, 0.3) is 11.1 Å². The molecule has 0 spiro atoms. The first-order valence-electron chi connectivity index (χ1n) is 6.18. The fourth-order valence-electron chi connectivity index (χ4n) is 1.98. The lowest BCUT2D eigenvalue weighted by Crippen LogP contribution is -1.97. The van der Waals surface area contributed by atoms with Gasteiger partial charge in [0.15, 0.2) is 0 Å². The molecule has 0 heterocycles. The predicted octanol–water partition coefficient (Wildman–Crippen LogP) is 3.76. The van der Waals surface area contributed by atoms with Crippen LogP contribution in [0.15, 0.2) is 42.5 Å². The lowest BCUT2D eigenvalue weighted by molar-refractivity contribution is 0.0697. The Morgan fingerprint density at radius 3 is 2.37 bits per heavy atom. The first-order valence-corrected chi connectivity index (χ1v) is 6.18.